The number of rotatable bonds is 6. The first-order valence-electron chi connectivity index (χ1n) is 8.16. The Morgan fingerprint density at radius 1 is 1.45 bits per heavy atom. The van der Waals surface area contributed by atoms with Gasteiger partial charge >= 0.3 is 0 Å². The lowest BCUT2D eigenvalue weighted by molar-refractivity contribution is 0.0952. The van der Waals surface area contributed by atoms with Crippen LogP contribution in [-0.4, -0.2) is 32.8 Å². The number of aliphatic hydroxyl groups excluding tert-OH is 1. The summed E-state index contributed by atoms with van der Waals surface area (Å²) in [4.78, 5) is 4.51. The van der Waals surface area contributed by atoms with Crippen molar-refractivity contribution in [3.8, 4) is 0 Å². The standard InChI is InChI=1S/C16H27N3O/c1-2-4-15-17-9-10-19(15)14-5-3-8-16(11-14,12-20)18-13-6-7-13/h9-10,13-14,18,20H,2-8,11-12H2,1H3. The van der Waals surface area contributed by atoms with Crippen molar-refractivity contribution in [2.24, 2.45) is 0 Å². The minimum Gasteiger partial charge on any atom is -0.394 e. The van der Waals surface area contributed by atoms with Gasteiger partial charge in [-0.3, -0.25) is 0 Å². The Hall–Kier alpha value is -0.870. The number of hydrogen-bond donors (Lipinski definition) is 2. The minimum atomic E-state index is -0.0577. The van der Waals surface area contributed by atoms with E-state index in [-0.39, 0.29) is 12.1 Å². The maximum Gasteiger partial charge on any atom is 0.108 e. The van der Waals surface area contributed by atoms with E-state index in [9.17, 15) is 5.11 Å². The molecule has 4 nitrogen and oxygen atoms in total. The molecule has 4 heteroatoms. The molecule has 20 heavy (non-hydrogen) atoms. The zero-order chi connectivity index (χ0) is 14.0. The van der Waals surface area contributed by atoms with Gasteiger partial charge in [0, 0.05) is 36.4 Å². The summed E-state index contributed by atoms with van der Waals surface area (Å²) in [7, 11) is 0. The number of imidazole rings is 1. The Bertz CT molecular complexity index is 441. The fourth-order valence-corrected chi connectivity index (χ4v) is 3.64. The molecule has 1 aromatic heterocycles. The smallest absolute Gasteiger partial charge is 0.108 e. The number of aromatic nitrogens is 2. The van der Waals surface area contributed by atoms with Gasteiger partial charge in [0.2, 0.25) is 0 Å². The van der Waals surface area contributed by atoms with E-state index in [1.54, 1.807) is 0 Å². The van der Waals surface area contributed by atoms with Crippen LogP contribution in [0.4, 0.5) is 0 Å². The Morgan fingerprint density at radius 2 is 2.30 bits per heavy atom. The summed E-state index contributed by atoms with van der Waals surface area (Å²) in [6.45, 7) is 2.46. The van der Waals surface area contributed by atoms with Gasteiger partial charge in [-0.1, -0.05) is 6.92 Å². The second-order valence-electron chi connectivity index (χ2n) is 6.61. The van der Waals surface area contributed by atoms with Gasteiger partial charge in [0.1, 0.15) is 5.82 Å². The predicted molar refractivity (Wildman–Crippen MR) is 79.7 cm³/mol. The largest absolute Gasteiger partial charge is 0.394 e. The highest BCUT2D eigenvalue weighted by Crippen LogP contribution is 2.38. The van der Waals surface area contributed by atoms with Crippen LogP contribution in [0, 0.1) is 0 Å². The number of hydrogen-bond acceptors (Lipinski definition) is 3. The molecule has 0 bridgehead atoms. The Morgan fingerprint density at radius 3 is 3.00 bits per heavy atom. The normalized spacial score (nSPS) is 30.6. The molecule has 2 N–H and O–H groups in total. The molecule has 1 aromatic rings. The Kier molecular flexibility index (Phi) is 4.13. The molecule has 112 valence electrons. The summed E-state index contributed by atoms with van der Waals surface area (Å²) >= 11 is 0. The maximum absolute atomic E-state index is 9.92. The van der Waals surface area contributed by atoms with Crippen LogP contribution in [0.3, 0.4) is 0 Å². The molecule has 3 rings (SSSR count). The van der Waals surface area contributed by atoms with Crippen LogP contribution in [0.2, 0.25) is 0 Å². The van der Waals surface area contributed by atoms with Gasteiger partial charge in [-0.2, -0.15) is 0 Å². The van der Waals surface area contributed by atoms with Crippen LogP contribution in [0.25, 0.3) is 0 Å². The van der Waals surface area contributed by atoms with E-state index in [4.69, 9.17) is 0 Å². The summed E-state index contributed by atoms with van der Waals surface area (Å²) in [5, 5.41) is 13.6. The van der Waals surface area contributed by atoms with E-state index in [0.717, 1.165) is 25.7 Å². The highest BCUT2D eigenvalue weighted by atomic mass is 16.3. The van der Waals surface area contributed by atoms with Crippen LogP contribution in [0.1, 0.15) is 63.7 Å². The molecule has 0 amide bonds. The van der Waals surface area contributed by atoms with Crippen molar-refractivity contribution in [3.05, 3.63) is 18.2 Å². The van der Waals surface area contributed by atoms with Crippen molar-refractivity contribution in [2.45, 2.75) is 75.9 Å². The molecule has 1 heterocycles. The third-order valence-electron chi connectivity index (χ3n) is 4.83. The molecule has 0 aliphatic heterocycles. The second kappa shape index (κ2) is 5.86. The number of nitrogens with one attached hydrogen (secondary N) is 1. The van der Waals surface area contributed by atoms with Crippen LogP contribution in [0.5, 0.6) is 0 Å². The van der Waals surface area contributed by atoms with Crippen molar-refractivity contribution >= 4 is 0 Å². The van der Waals surface area contributed by atoms with Gasteiger partial charge in [0.15, 0.2) is 0 Å². The van der Waals surface area contributed by atoms with E-state index >= 15 is 0 Å². The fourth-order valence-electron chi connectivity index (χ4n) is 3.64. The lowest BCUT2D eigenvalue weighted by atomic mass is 9.79. The average molecular weight is 277 g/mol. The molecule has 2 aliphatic rings. The minimum absolute atomic E-state index is 0.0577. The molecule has 0 saturated heterocycles. The molecular formula is C16H27N3O. The first kappa shape index (κ1) is 14.1. The van der Waals surface area contributed by atoms with E-state index in [1.165, 1.54) is 31.5 Å². The molecule has 2 saturated carbocycles. The van der Waals surface area contributed by atoms with E-state index in [2.05, 4.69) is 28.0 Å². The lowest BCUT2D eigenvalue weighted by Gasteiger charge is -2.41. The Labute approximate surface area is 121 Å². The van der Waals surface area contributed by atoms with Gasteiger partial charge in [-0.25, -0.2) is 4.98 Å². The van der Waals surface area contributed by atoms with Crippen LogP contribution in [0.15, 0.2) is 12.4 Å². The first-order valence-corrected chi connectivity index (χ1v) is 8.16. The van der Waals surface area contributed by atoms with Gasteiger partial charge in [-0.15, -0.1) is 0 Å². The number of aryl methyl sites for hydroxylation is 1. The highest BCUT2D eigenvalue weighted by Gasteiger charge is 2.40. The van der Waals surface area contributed by atoms with Crippen LogP contribution >= 0.6 is 0 Å². The molecule has 2 fully saturated rings. The molecule has 2 atom stereocenters. The van der Waals surface area contributed by atoms with Crippen molar-refractivity contribution in [3.63, 3.8) is 0 Å². The van der Waals surface area contributed by atoms with Gasteiger partial charge < -0.3 is 15.0 Å². The van der Waals surface area contributed by atoms with Gasteiger partial charge in [0.25, 0.3) is 0 Å². The maximum atomic E-state index is 9.92. The third kappa shape index (κ3) is 2.91. The average Bonchev–Trinajstić information content (AvgIpc) is 3.15. The Balaban J connectivity index is 1.74. The van der Waals surface area contributed by atoms with E-state index in [0.29, 0.717) is 12.1 Å². The number of nitrogens with zero attached hydrogens (tertiary/aromatic N) is 2. The molecular weight excluding hydrogens is 250 g/mol. The summed E-state index contributed by atoms with van der Waals surface area (Å²) in [6, 6.07) is 1.14. The van der Waals surface area contributed by atoms with Crippen LogP contribution in [-0.2, 0) is 6.42 Å². The highest BCUT2D eigenvalue weighted by molar-refractivity contribution is 5.03. The van der Waals surface area contributed by atoms with Gasteiger partial charge in [-0.05, 0) is 44.9 Å². The number of aliphatic hydroxyl groups is 1. The summed E-state index contributed by atoms with van der Waals surface area (Å²) in [6.07, 6.45) is 13.3. The topological polar surface area (TPSA) is 50.1 Å². The monoisotopic (exact) mass is 277 g/mol. The van der Waals surface area contributed by atoms with E-state index < -0.39 is 0 Å². The van der Waals surface area contributed by atoms with Crippen molar-refractivity contribution in [1.82, 2.24) is 14.9 Å². The molecule has 2 unspecified atom stereocenters. The predicted octanol–water partition coefficient (Wildman–Crippen LogP) is 2.43. The summed E-state index contributed by atoms with van der Waals surface area (Å²) in [5.41, 5.74) is -0.0577. The summed E-state index contributed by atoms with van der Waals surface area (Å²) < 4.78 is 2.36. The molecule has 2 aliphatic carbocycles. The zero-order valence-corrected chi connectivity index (χ0v) is 12.5. The zero-order valence-electron chi connectivity index (χ0n) is 12.5. The van der Waals surface area contributed by atoms with Gasteiger partial charge in [0.05, 0.1) is 6.61 Å². The SMILES string of the molecule is CCCc1nccn1C1CCCC(CO)(NC2CC2)C1. The van der Waals surface area contributed by atoms with Crippen molar-refractivity contribution in [1.29, 1.82) is 0 Å². The third-order valence-corrected chi connectivity index (χ3v) is 4.83. The lowest BCUT2D eigenvalue weighted by Crippen LogP contribution is -2.52. The molecule has 0 spiro atoms. The first-order chi connectivity index (χ1) is 9.76. The summed E-state index contributed by atoms with van der Waals surface area (Å²) in [5.74, 6) is 1.21. The van der Waals surface area contributed by atoms with Crippen LogP contribution < -0.4 is 5.32 Å². The van der Waals surface area contributed by atoms with Crippen molar-refractivity contribution < 1.29 is 5.11 Å². The van der Waals surface area contributed by atoms with E-state index in [1.807, 2.05) is 6.20 Å². The quantitative estimate of drug-likeness (QED) is 0.839. The molecule has 0 aromatic carbocycles. The van der Waals surface area contributed by atoms with Crippen molar-refractivity contribution in [2.75, 3.05) is 6.61 Å². The second-order valence-corrected chi connectivity index (χ2v) is 6.61. The molecule has 0 radical (unpaired) electrons. The fraction of sp³-hybridized carbons (Fsp3) is 0.812.